The van der Waals surface area contributed by atoms with Gasteiger partial charge < -0.3 is 9.63 Å². The summed E-state index contributed by atoms with van der Waals surface area (Å²) in [6.45, 7) is 5.45. The number of aliphatic carboxylic acids is 1. The Morgan fingerprint density at radius 3 is 2.31 bits per heavy atom. The first-order chi connectivity index (χ1) is 12.3. The number of carboxylic acids is 1. The van der Waals surface area contributed by atoms with Crippen molar-refractivity contribution in [1.29, 1.82) is 0 Å². The number of nitrogens with zero attached hydrogens (tertiary/aromatic N) is 3. The van der Waals surface area contributed by atoms with Crippen molar-refractivity contribution in [2.24, 2.45) is 5.92 Å². The van der Waals surface area contributed by atoms with Crippen LogP contribution < -0.4 is 0 Å². The van der Waals surface area contributed by atoms with Crippen molar-refractivity contribution in [3.8, 4) is 0 Å². The van der Waals surface area contributed by atoms with Gasteiger partial charge in [0.05, 0.1) is 0 Å². The molecule has 0 saturated heterocycles. The Kier molecular flexibility index (Phi) is 8.60. The lowest BCUT2D eigenvalue weighted by molar-refractivity contribution is -0.151. The van der Waals surface area contributed by atoms with Crippen molar-refractivity contribution in [2.45, 2.75) is 59.3 Å². The second kappa shape index (κ2) is 10.4. The van der Waals surface area contributed by atoms with Gasteiger partial charge in [-0.3, -0.25) is 24.1 Å². The Labute approximate surface area is 151 Å². The molecule has 0 radical (unpaired) electrons. The number of aryl methyl sites for hydroxylation is 1. The van der Waals surface area contributed by atoms with Crippen molar-refractivity contribution in [2.75, 3.05) is 6.54 Å². The number of aromatic nitrogens is 2. The van der Waals surface area contributed by atoms with Gasteiger partial charge in [-0.25, -0.2) is 0 Å². The summed E-state index contributed by atoms with van der Waals surface area (Å²) in [4.78, 5) is 49.2. The maximum Gasteiger partial charge on any atom is 0.311 e. The number of Topliss-reactive ketones (excluding diaryl/α,β-unsaturated/α-hetero) is 1. The average molecular weight is 367 g/mol. The van der Waals surface area contributed by atoms with Crippen LogP contribution in [0.5, 0.6) is 0 Å². The fourth-order valence-corrected chi connectivity index (χ4v) is 2.04. The molecule has 9 nitrogen and oxygen atoms in total. The molecular weight excluding hydrogens is 342 g/mol. The van der Waals surface area contributed by atoms with E-state index in [1.54, 1.807) is 0 Å². The van der Waals surface area contributed by atoms with Gasteiger partial charge in [-0.15, -0.1) is 0 Å². The fourth-order valence-electron chi connectivity index (χ4n) is 2.04. The highest BCUT2D eigenvalue weighted by molar-refractivity contribution is 6.38. The van der Waals surface area contributed by atoms with Crippen LogP contribution in [-0.2, 0) is 32.0 Å². The van der Waals surface area contributed by atoms with Crippen LogP contribution in [0.1, 0.15) is 58.2 Å². The molecular formula is C17H25N3O6. The molecule has 0 aliphatic heterocycles. The van der Waals surface area contributed by atoms with Crippen LogP contribution in [0, 0.1) is 5.92 Å². The number of carboxylic acid groups (broad SMARTS) is 1. The molecule has 26 heavy (non-hydrogen) atoms. The fraction of sp³-hybridized carbons (Fsp3) is 0.647. The third-order valence-corrected chi connectivity index (χ3v) is 3.60. The van der Waals surface area contributed by atoms with Gasteiger partial charge >= 0.3 is 5.97 Å². The van der Waals surface area contributed by atoms with E-state index in [9.17, 15) is 19.2 Å². The summed E-state index contributed by atoms with van der Waals surface area (Å²) in [6.07, 6.45) is 3.43. The number of imide groups is 1. The molecule has 0 aromatic carbocycles. The Morgan fingerprint density at radius 1 is 1.23 bits per heavy atom. The SMILES string of the molecule is CCCC(=O)C(=O)N(CC1CC1)C(C)=O.CCc1nc(CC(=O)O)no1. The molecule has 9 heteroatoms. The smallest absolute Gasteiger partial charge is 0.311 e. The van der Waals surface area contributed by atoms with E-state index < -0.39 is 17.7 Å². The molecule has 1 fully saturated rings. The summed E-state index contributed by atoms with van der Waals surface area (Å²) in [7, 11) is 0. The van der Waals surface area contributed by atoms with Crippen LogP contribution in [0.2, 0.25) is 0 Å². The number of amides is 2. The highest BCUT2D eigenvalue weighted by Gasteiger charge is 2.31. The van der Waals surface area contributed by atoms with Gasteiger partial charge in [0.1, 0.15) is 6.42 Å². The first-order valence-corrected chi connectivity index (χ1v) is 8.66. The quantitative estimate of drug-likeness (QED) is 0.682. The zero-order valence-electron chi connectivity index (χ0n) is 15.4. The van der Waals surface area contributed by atoms with Crippen LogP contribution in [0.25, 0.3) is 0 Å². The summed E-state index contributed by atoms with van der Waals surface area (Å²) in [5, 5.41) is 11.8. The van der Waals surface area contributed by atoms with Gasteiger partial charge in [0.2, 0.25) is 17.6 Å². The zero-order valence-corrected chi connectivity index (χ0v) is 15.4. The van der Waals surface area contributed by atoms with Gasteiger partial charge in [0, 0.05) is 26.3 Å². The van der Waals surface area contributed by atoms with Crippen molar-refractivity contribution < 1.29 is 28.8 Å². The molecule has 1 N–H and O–H groups in total. The second-order valence-corrected chi connectivity index (χ2v) is 6.08. The maximum absolute atomic E-state index is 11.6. The normalized spacial score (nSPS) is 12.7. The molecule has 0 atom stereocenters. The van der Waals surface area contributed by atoms with Gasteiger partial charge in [0.15, 0.2) is 5.82 Å². The van der Waals surface area contributed by atoms with Crippen molar-refractivity contribution in [3.05, 3.63) is 11.7 Å². The molecule has 2 rings (SSSR count). The standard InChI is InChI=1S/C11H17NO3.C6H8N2O3/c1-3-4-10(14)11(15)12(8(2)13)7-9-5-6-9;1-2-5-7-4(8-11-5)3-6(9)10/h9H,3-7H2,1-2H3;2-3H2,1H3,(H,9,10). The lowest BCUT2D eigenvalue weighted by Gasteiger charge is -2.17. The molecule has 0 spiro atoms. The molecule has 1 aromatic heterocycles. The summed E-state index contributed by atoms with van der Waals surface area (Å²) in [5.74, 6) is -1.22. The molecule has 2 amide bonds. The van der Waals surface area contributed by atoms with E-state index in [1.165, 1.54) is 6.92 Å². The molecule has 0 unspecified atom stereocenters. The Hall–Kier alpha value is -2.58. The Morgan fingerprint density at radius 2 is 1.88 bits per heavy atom. The summed E-state index contributed by atoms with van der Waals surface area (Å²) >= 11 is 0. The summed E-state index contributed by atoms with van der Waals surface area (Å²) in [6, 6.07) is 0. The van der Waals surface area contributed by atoms with Gasteiger partial charge in [-0.1, -0.05) is 19.0 Å². The summed E-state index contributed by atoms with van der Waals surface area (Å²) < 4.78 is 4.69. The first-order valence-electron chi connectivity index (χ1n) is 8.66. The average Bonchev–Trinajstić information content (AvgIpc) is 3.29. The monoisotopic (exact) mass is 367 g/mol. The van der Waals surface area contributed by atoms with Crippen LogP contribution in [0.3, 0.4) is 0 Å². The van der Waals surface area contributed by atoms with E-state index in [4.69, 9.17) is 9.63 Å². The van der Waals surface area contributed by atoms with E-state index in [-0.39, 0.29) is 24.6 Å². The van der Waals surface area contributed by atoms with E-state index in [0.29, 0.717) is 31.2 Å². The second-order valence-electron chi connectivity index (χ2n) is 6.08. The molecule has 144 valence electrons. The Balaban J connectivity index is 0.000000273. The van der Waals surface area contributed by atoms with E-state index in [2.05, 4.69) is 10.1 Å². The van der Waals surface area contributed by atoms with Gasteiger partial charge in [0.25, 0.3) is 5.91 Å². The molecule has 1 aliphatic rings. The van der Waals surface area contributed by atoms with Crippen LogP contribution in [0.4, 0.5) is 0 Å². The highest BCUT2D eigenvalue weighted by atomic mass is 16.5. The Bertz CT molecular complexity index is 651. The lowest BCUT2D eigenvalue weighted by atomic mass is 10.2. The van der Waals surface area contributed by atoms with Crippen molar-refractivity contribution in [3.63, 3.8) is 0 Å². The molecule has 1 saturated carbocycles. The van der Waals surface area contributed by atoms with Crippen LogP contribution in [-0.4, -0.2) is 50.3 Å². The number of hydrogen-bond donors (Lipinski definition) is 1. The number of rotatable bonds is 8. The summed E-state index contributed by atoms with van der Waals surface area (Å²) in [5.41, 5.74) is 0. The van der Waals surface area contributed by atoms with Crippen LogP contribution in [0.15, 0.2) is 4.52 Å². The minimum absolute atomic E-state index is 0.177. The van der Waals surface area contributed by atoms with Crippen molar-refractivity contribution >= 4 is 23.6 Å². The molecule has 1 heterocycles. The minimum Gasteiger partial charge on any atom is -0.481 e. The molecule has 0 bridgehead atoms. The zero-order chi connectivity index (χ0) is 19.7. The topological polar surface area (TPSA) is 131 Å². The largest absolute Gasteiger partial charge is 0.481 e. The minimum atomic E-state index is -0.951. The molecule has 1 aromatic rings. The van der Waals surface area contributed by atoms with Gasteiger partial charge in [-0.2, -0.15) is 4.98 Å². The number of hydrogen-bond acceptors (Lipinski definition) is 7. The predicted octanol–water partition coefficient (Wildman–Crippen LogP) is 1.40. The highest BCUT2D eigenvalue weighted by Crippen LogP contribution is 2.29. The van der Waals surface area contributed by atoms with Crippen LogP contribution >= 0.6 is 0 Å². The number of ketones is 1. The van der Waals surface area contributed by atoms with E-state index >= 15 is 0 Å². The number of carbonyl (C=O) groups is 4. The van der Waals surface area contributed by atoms with E-state index in [1.807, 2.05) is 13.8 Å². The maximum atomic E-state index is 11.6. The lowest BCUT2D eigenvalue weighted by Crippen LogP contribution is -2.41. The molecule has 1 aliphatic carbocycles. The van der Waals surface area contributed by atoms with E-state index in [0.717, 1.165) is 17.7 Å². The third-order valence-electron chi connectivity index (χ3n) is 3.60. The predicted molar refractivity (Wildman–Crippen MR) is 90.0 cm³/mol. The van der Waals surface area contributed by atoms with Crippen molar-refractivity contribution in [1.82, 2.24) is 15.0 Å². The first kappa shape index (κ1) is 21.5. The number of carbonyl (C=O) groups excluding carboxylic acids is 3. The van der Waals surface area contributed by atoms with Gasteiger partial charge in [-0.05, 0) is 25.2 Å². The third kappa shape index (κ3) is 7.54.